The number of ether oxygens (including phenoxy) is 3. The highest BCUT2D eigenvalue weighted by Crippen LogP contribution is 2.47. The van der Waals surface area contributed by atoms with Gasteiger partial charge in [-0.25, -0.2) is 9.59 Å². The molecule has 3 rings (SSSR count). The fourth-order valence-electron chi connectivity index (χ4n) is 3.17. The zero-order valence-electron chi connectivity index (χ0n) is 17.4. The van der Waals surface area contributed by atoms with Crippen LogP contribution in [0.2, 0.25) is 0 Å². The van der Waals surface area contributed by atoms with E-state index < -0.39 is 30.1 Å². The molecule has 10 nitrogen and oxygen atoms in total. The molecule has 1 aliphatic rings. The minimum absolute atomic E-state index is 0.0164. The van der Waals surface area contributed by atoms with E-state index in [1.165, 1.54) is 12.3 Å². The van der Waals surface area contributed by atoms with Crippen LogP contribution in [0.1, 0.15) is 36.1 Å². The number of fused-ring (bicyclic) bond motifs is 1. The van der Waals surface area contributed by atoms with Crippen molar-refractivity contribution in [3.8, 4) is 11.5 Å². The van der Waals surface area contributed by atoms with E-state index in [4.69, 9.17) is 19.3 Å². The molecule has 0 fully saturated rings. The molecule has 0 bridgehead atoms. The van der Waals surface area contributed by atoms with E-state index in [-0.39, 0.29) is 12.4 Å². The standard InChI is InChI=1S/C20H23N3O7/c1-10-11(2)16-17(30-20(4,5)29-16)12(3)13(10)9-28-19(27)22-14-6-7-23(8-15(24)25)18(26)21-14/h6-7H,8-9H2,1-5H3,(H,24,25)(H,21,22,26,27). The van der Waals surface area contributed by atoms with E-state index >= 15 is 0 Å². The van der Waals surface area contributed by atoms with Gasteiger partial charge in [0.25, 0.3) is 0 Å². The summed E-state index contributed by atoms with van der Waals surface area (Å²) in [7, 11) is 0. The first-order valence-corrected chi connectivity index (χ1v) is 9.22. The molecule has 0 unspecified atom stereocenters. The second-order valence-corrected chi connectivity index (χ2v) is 7.43. The molecule has 2 N–H and O–H groups in total. The molecule has 2 aromatic rings. The quantitative estimate of drug-likeness (QED) is 0.759. The predicted molar refractivity (Wildman–Crippen MR) is 106 cm³/mol. The molecule has 0 saturated carbocycles. The lowest BCUT2D eigenvalue weighted by atomic mass is 9.97. The summed E-state index contributed by atoms with van der Waals surface area (Å²) in [5, 5.41) is 11.1. The Morgan fingerprint density at radius 3 is 2.40 bits per heavy atom. The Morgan fingerprint density at radius 1 is 1.17 bits per heavy atom. The van der Waals surface area contributed by atoms with Gasteiger partial charge in [0, 0.05) is 25.6 Å². The summed E-state index contributed by atoms with van der Waals surface area (Å²) in [4.78, 5) is 38.3. The largest absolute Gasteiger partial charge is 0.480 e. The van der Waals surface area contributed by atoms with Crippen molar-refractivity contribution in [3.63, 3.8) is 0 Å². The maximum Gasteiger partial charge on any atom is 0.413 e. The number of aromatic nitrogens is 2. The molecule has 30 heavy (non-hydrogen) atoms. The Kier molecular flexibility index (Phi) is 5.43. The van der Waals surface area contributed by atoms with E-state index in [2.05, 4.69) is 10.3 Å². The number of nitrogens with zero attached hydrogens (tertiary/aromatic N) is 2. The van der Waals surface area contributed by atoms with Crippen LogP contribution in [0.3, 0.4) is 0 Å². The number of carbonyl (C=O) groups is 2. The topological polar surface area (TPSA) is 129 Å². The molecule has 160 valence electrons. The maximum absolute atomic E-state index is 12.2. The number of carbonyl (C=O) groups excluding carboxylic acids is 1. The van der Waals surface area contributed by atoms with Gasteiger partial charge in [0.05, 0.1) is 0 Å². The van der Waals surface area contributed by atoms with Gasteiger partial charge in [0.1, 0.15) is 19.0 Å². The van der Waals surface area contributed by atoms with Gasteiger partial charge in [-0.2, -0.15) is 4.98 Å². The molecule has 1 aliphatic heterocycles. The molecule has 10 heteroatoms. The first-order chi connectivity index (χ1) is 14.0. The summed E-state index contributed by atoms with van der Waals surface area (Å²) in [5.74, 6) is -0.663. The molecule has 1 amide bonds. The highest BCUT2D eigenvalue weighted by atomic mass is 16.7. The van der Waals surface area contributed by atoms with Gasteiger partial charge >= 0.3 is 17.8 Å². The van der Waals surface area contributed by atoms with Gasteiger partial charge in [-0.05, 0) is 43.5 Å². The van der Waals surface area contributed by atoms with Crippen molar-refractivity contribution < 1.29 is 28.9 Å². The van der Waals surface area contributed by atoms with Crippen LogP contribution in [0, 0.1) is 20.8 Å². The first kappa shape index (κ1) is 21.2. The van der Waals surface area contributed by atoms with Crippen molar-refractivity contribution >= 4 is 17.9 Å². The minimum Gasteiger partial charge on any atom is -0.480 e. The Balaban J connectivity index is 1.72. The summed E-state index contributed by atoms with van der Waals surface area (Å²) in [6.07, 6.45) is 0.434. The predicted octanol–water partition coefficient (Wildman–Crippen LogP) is 2.51. The SMILES string of the molecule is Cc1c(C)c2c(c(C)c1COC(=O)Nc1ccn(CC(=O)O)c(=O)n1)OC(C)(C)O2. The number of carboxylic acids is 1. The summed E-state index contributed by atoms with van der Waals surface area (Å²) in [6.45, 7) is 8.81. The molecule has 1 aromatic carbocycles. The van der Waals surface area contributed by atoms with Crippen molar-refractivity contribution in [3.05, 3.63) is 45.0 Å². The number of aliphatic carboxylic acids is 1. The molecule has 0 spiro atoms. The van der Waals surface area contributed by atoms with E-state index in [0.717, 1.165) is 26.8 Å². The molecular weight excluding hydrogens is 394 g/mol. The van der Waals surface area contributed by atoms with Crippen LogP contribution in [0.15, 0.2) is 17.1 Å². The van der Waals surface area contributed by atoms with Crippen molar-refractivity contribution in [1.82, 2.24) is 9.55 Å². The molecule has 0 saturated heterocycles. The lowest BCUT2D eigenvalue weighted by Crippen LogP contribution is -2.30. The summed E-state index contributed by atoms with van der Waals surface area (Å²) >= 11 is 0. The fourth-order valence-corrected chi connectivity index (χ4v) is 3.17. The number of hydrogen-bond donors (Lipinski definition) is 2. The van der Waals surface area contributed by atoms with E-state index in [9.17, 15) is 14.4 Å². The number of hydrogen-bond acceptors (Lipinski definition) is 7. The fraction of sp³-hybridized carbons (Fsp3) is 0.400. The van der Waals surface area contributed by atoms with Crippen molar-refractivity contribution in [2.75, 3.05) is 5.32 Å². The highest BCUT2D eigenvalue weighted by molar-refractivity contribution is 5.83. The Labute approximate surface area is 172 Å². The molecule has 0 atom stereocenters. The summed E-state index contributed by atoms with van der Waals surface area (Å²) < 4.78 is 18.0. The smallest absolute Gasteiger partial charge is 0.413 e. The normalized spacial score (nSPS) is 13.8. The zero-order valence-corrected chi connectivity index (χ0v) is 17.4. The van der Waals surface area contributed by atoms with Crippen LogP contribution in [-0.4, -0.2) is 32.5 Å². The van der Waals surface area contributed by atoms with Crippen LogP contribution in [0.25, 0.3) is 0 Å². The number of rotatable bonds is 5. The highest BCUT2D eigenvalue weighted by Gasteiger charge is 2.36. The van der Waals surface area contributed by atoms with Gasteiger partial charge in [-0.15, -0.1) is 0 Å². The van der Waals surface area contributed by atoms with Gasteiger partial charge in [0.2, 0.25) is 5.79 Å². The molecule has 1 aromatic heterocycles. The average molecular weight is 417 g/mol. The second kappa shape index (κ2) is 7.69. The summed E-state index contributed by atoms with van der Waals surface area (Å²) in [5.41, 5.74) is 2.66. The molecule has 2 heterocycles. The maximum atomic E-state index is 12.2. The Morgan fingerprint density at radius 2 is 1.80 bits per heavy atom. The van der Waals surface area contributed by atoms with Gasteiger partial charge in [0.15, 0.2) is 11.5 Å². The van der Waals surface area contributed by atoms with E-state index in [1.807, 2.05) is 34.6 Å². The summed E-state index contributed by atoms with van der Waals surface area (Å²) in [6, 6.07) is 1.31. The number of benzene rings is 1. The van der Waals surface area contributed by atoms with E-state index in [0.29, 0.717) is 11.5 Å². The van der Waals surface area contributed by atoms with Crippen LogP contribution in [-0.2, 0) is 22.7 Å². The van der Waals surface area contributed by atoms with E-state index in [1.54, 1.807) is 0 Å². The van der Waals surface area contributed by atoms with Crippen LogP contribution < -0.4 is 20.5 Å². The van der Waals surface area contributed by atoms with Crippen molar-refractivity contribution in [2.45, 2.75) is 53.6 Å². The van der Waals surface area contributed by atoms with Gasteiger partial charge in [-0.1, -0.05) is 0 Å². The molecule has 0 radical (unpaired) electrons. The van der Waals surface area contributed by atoms with Crippen molar-refractivity contribution in [1.29, 1.82) is 0 Å². The molecule has 0 aliphatic carbocycles. The number of nitrogens with one attached hydrogen (secondary N) is 1. The third kappa shape index (κ3) is 4.22. The zero-order chi connectivity index (χ0) is 22.2. The lowest BCUT2D eigenvalue weighted by Gasteiger charge is -2.16. The monoisotopic (exact) mass is 417 g/mol. The Bertz CT molecular complexity index is 1090. The van der Waals surface area contributed by atoms with Crippen LogP contribution in [0.5, 0.6) is 11.5 Å². The number of carboxylic acid groups (broad SMARTS) is 1. The number of amides is 1. The first-order valence-electron chi connectivity index (χ1n) is 9.22. The van der Waals surface area contributed by atoms with Crippen LogP contribution in [0.4, 0.5) is 10.6 Å². The average Bonchev–Trinajstić information content (AvgIpc) is 2.98. The van der Waals surface area contributed by atoms with Gasteiger partial charge in [-0.3, -0.25) is 14.7 Å². The molecular formula is C20H23N3O7. The van der Waals surface area contributed by atoms with Crippen molar-refractivity contribution in [2.24, 2.45) is 0 Å². The second-order valence-electron chi connectivity index (χ2n) is 7.43. The van der Waals surface area contributed by atoms with Crippen LogP contribution >= 0.6 is 0 Å². The number of anilines is 1. The van der Waals surface area contributed by atoms with Gasteiger partial charge < -0.3 is 19.3 Å². The Hall–Kier alpha value is -3.56. The third-order valence-corrected chi connectivity index (χ3v) is 4.81. The third-order valence-electron chi connectivity index (χ3n) is 4.81. The minimum atomic E-state index is -1.17. The lowest BCUT2D eigenvalue weighted by molar-refractivity contribution is -0.137.